The zero-order valence-corrected chi connectivity index (χ0v) is 13.0. The normalized spacial score (nSPS) is 19.0. The number of aromatic nitrogens is 1. The zero-order chi connectivity index (χ0) is 14.5. The van der Waals surface area contributed by atoms with Crippen molar-refractivity contribution >= 4 is 10.9 Å². The summed E-state index contributed by atoms with van der Waals surface area (Å²) in [5, 5.41) is 4.87. The van der Waals surface area contributed by atoms with E-state index >= 15 is 0 Å². The molecule has 21 heavy (non-hydrogen) atoms. The van der Waals surface area contributed by atoms with Gasteiger partial charge in [-0.15, -0.1) is 0 Å². The van der Waals surface area contributed by atoms with Gasteiger partial charge in [0.2, 0.25) is 0 Å². The molecule has 0 radical (unpaired) electrons. The molecule has 114 valence electrons. The smallest absolute Gasteiger partial charge is 0.128 e. The lowest BCUT2D eigenvalue weighted by Gasteiger charge is -2.23. The lowest BCUT2D eigenvalue weighted by atomic mass is 10.0. The Morgan fingerprint density at radius 1 is 1.29 bits per heavy atom. The molecule has 1 aliphatic rings. The van der Waals surface area contributed by atoms with Crippen LogP contribution in [0.1, 0.15) is 39.0 Å². The van der Waals surface area contributed by atoms with Crippen molar-refractivity contribution in [2.45, 2.75) is 51.6 Å². The molecule has 1 fully saturated rings. The summed E-state index contributed by atoms with van der Waals surface area (Å²) in [6.07, 6.45) is 8.49. The Hall–Kier alpha value is -1.48. The molecule has 0 aliphatic carbocycles. The molecule has 3 heteroatoms. The number of nitrogens with zero attached hydrogens (tertiary/aromatic N) is 1. The predicted molar refractivity (Wildman–Crippen MR) is 88.0 cm³/mol. The molecule has 1 N–H and O–H groups in total. The maximum Gasteiger partial charge on any atom is 0.128 e. The van der Waals surface area contributed by atoms with Crippen molar-refractivity contribution in [2.24, 2.45) is 0 Å². The summed E-state index contributed by atoms with van der Waals surface area (Å²) in [5.74, 6) is 1.02. The van der Waals surface area contributed by atoms with Crippen LogP contribution >= 0.6 is 0 Å². The van der Waals surface area contributed by atoms with Crippen LogP contribution in [0.15, 0.2) is 30.5 Å². The fourth-order valence-corrected chi connectivity index (χ4v) is 3.19. The van der Waals surface area contributed by atoms with E-state index in [1.54, 1.807) is 0 Å². The summed E-state index contributed by atoms with van der Waals surface area (Å²) >= 11 is 0. The number of hydrogen-bond acceptors (Lipinski definition) is 2. The zero-order valence-electron chi connectivity index (χ0n) is 13.0. The van der Waals surface area contributed by atoms with Crippen LogP contribution in [0.25, 0.3) is 10.9 Å². The van der Waals surface area contributed by atoms with E-state index < -0.39 is 0 Å². The number of rotatable bonds is 6. The highest BCUT2D eigenvalue weighted by molar-refractivity contribution is 5.86. The molecule has 2 aromatic rings. The van der Waals surface area contributed by atoms with Crippen molar-refractivity contribution in [1.29, 1.82) is 0 Å². The van der Waals surface area contributed by atoms with Gasteiger partial charge in [0.05, 0.1) is 12.1 Å². The molecule has 1 saturated heterocycles. The number of hydrogen-bond donors (Lipinski definition) is 1. The third-order valence-corrected chi connectivity index (χ3v) is 4.37. The summed E-state index contributed by atoms with van der Waals surface area (Å²) in [6, 6.07) is 9.25. The number of ether oxygens (including phenoxy) is 1. The van der Waals surface area contributed by atoms with Gasteiger partial charge in [-0.25, -0.2) is 0 Å². The van der Waals surface area contributed by atoms with Crippen molar-refractivity contribution < 1.29 is 4.74 Å². The fourth-order valence-electron chi connectivity index (χ4n) is 3.19. The highest BCUT2D eigenvalue weighted by atomic mass is 16.5. The lowest BCUT2D eigenvalue weighted by Crippen LogP contribution is -2.34. The second kappa shape index (κ2) is 6.99. The number of piperidine rings is 1. The van der Waals surface area contributed by atoms with Crippen LogP contribution in [0.4, 0.5) is 0 Å². The van der Waals surface area contributed by atoms with Crippen LogP contribution < -0.4 is 10.1 Å². The minimum absolute atomic E-state index is 0.690. The Bertz CT molecular complexity index is 570. The van der Waals surface area contributed by atoms with E-state index in [0.717, 1.165) is 25.3 Å². The van der Waals surface area contributed by atoms with E-state index in [9.17, 15) is 0 Å². The SMILES string of the molecule is CCCOc1cccc2c1ccn2CCC1CCCCN1. The van der Waals surface area contributed by atoms with Gasteiger partial charge in [0.25, 0.3) is 0 Å². The van der Waals surface area contributed by atoms with Gasteiger partial charge in [0.15, 0.2) is 0 Å². The maximum atomic E-state index is 5.85. The Balaban J connectivity index is 1.70. The molecule has 1 unspecified atom stereocenters. The molecule has 0 saturated carbocycles. The third-order valence-electron chi connectivity index (χ3n) is 4.37. The van der Waals surface area contributed by atoms with Gasteiger partial charge in [-0.1, -0.05) is 19.4 Å². The fraction of sp³-hybridized carbons (Fsp3) is 0.556. The molecular weight excluding hydrogens is 260 g/mol. The first kappa shape index (κ1) is 14.5. The van der Waals surface area contributed by atoms with Crippen molar-refractivity contribution in [1.82, 2.24) is 9.88 Å². The van der Waals surface area contributed by atoms with Crippen molar-refractivity contribution in [3.63, 3.8) is 0 Å². The Morgan fingerprint density at radius 2 is 2.24 bits per heavy atom. The Labute approximate surface area is 127 Å². The van der Waals surface area contributed by atoms with Gasteiger partial charge in [0, 0.05) is 24.2 Å². The Kier molecular flexibility index (Phi) is 4.81. The molecule has 0 amide bonds. The van der Waals surface area contributed by atoms with Crippen molar-refractivity contribution in [3.8, 4) is 5.75 Å². The van der Waals surface area contributed by atoms with E-state index in [-0.39, 0.29) is 0 Å². The average molecular weight is 286 g/mol. The number of nitrogens with one attached hydrogen (secondary N) is 1. The van der Waals surface area contributed by atoms with Gasteiger partial charge in [-0.2, -0.15) is 0 Å². The Morgan fingerprint density at radius 3 is 3.05 bits per heavy atom. The first-order valence-corrected chi connectivity index (χ1v) is 8.32. The number of aryl methyl sites for hydroxylation is 1. The average Bonchev–Trinajstić information content (AvgIpc) is 2.96. The van der Waals surface area contributed by atoms with E-state index in [2.05, 4.69) is 47.3 Å². The van der Waals surface area contributed by atoms with Crippen LogP contribution in [0.5, 0.6) is 5.75 Å². The van der Waals surface area contributed by atoms with Gasteiger partial charge in [-0.05, 0) is 50.4 Å². The molecule has 1 atom stereocenters. The maximum absolute atomic E-state index is 5.85. The summed E-state index contributed by atoms with van der Waals surface area (Å²) in [6.45, 7) is 5.20. The highest BCUT2D eigenvalue weighted by Gasteiger charge is 2.13. The summed E-state index contributed by atoms with van der Waals surface area (Å²) in [5.41, 5.74) is 1.29. The quantitative estimate of drug-likeness (QED) is 0.870. The molecule has 0 spiro atoms. The summed E-state index contributed by atoms with van der Waals surface area (Å²) < 4.78 is 8.22. The molecule has 1 aliphatic heterocycles. The largest absolute Gasteiger partial charge is 0.493 e. The van der Waals surface area contributed by atoms with Gasteiger partial charge < -0.3 is 14.6 Å². The standard InChI is InChI=1S/C18H26N2O/c1-2-14-21-18-8-5-7-17-16(18)10-13-20(17)12-9-15-6-3-4-11-19-15/h5,7-8,10,13,15,19H,2-4,6,9,11-12,14H2,1H3. The van der Waals surface area contributed by atoms with Crippen LogP contribution in [0.2, 0.25) is 0 Å². The summed E-state index contributed by atoms with van der Waals surface area (Å²) in [4.78, 5) is 0. The lowest BCUT2D eigenvalue weighted by molar-refractivity contribution is 0.321. The third kappa shape index (κ3) is 3.41. The molecule has 2 heterocycles. The minimum atomic E-state index is 0.690. The van der Waals surface area contributed by atoms with Crippen LogP contribution in [0, 0.1) is 0 Å². The van der Waals surface area contributed by atoms with Gasteiger partial charge in [-0.3, -0.25) is 0 Å². The topological polar surface area (TPSA) is 26.2 Å². The van der Waals surface area contributed by atoms with Crippen molar-refractivity contribution in [2.75, 3.05) is 13.2 Å². The van der Waals surface area contributed by atoms with Crippen LogP contribution in [-0.4, -0.2) is 23.8 Å². The first-order valence-electron chi connectivity index (χ1n) is 8.32. The van der Waals surface area contributed by atoms with E-state index in [0.29, 0.717) is 6.04 Å². The van der Waals surface area contributed by atoms with Crippen LogP contribution in [-0.2, 0) is 6.54 Å². The molecule has 0 bridgehead atoms. The van der Waals surface area contributed by atoms with Gasteiger partial charge in [0.1, 0.15) is 5.75 Å². The molecular formula is C18H26N2O. The van der Waals surface area contributed by atoms with E-state index in [1.807, 2.05) is 0 Å². The molecule has 1 aromatic heterocycles. The summed E-state index contributed by atoms with van der Waals surface area (Å²) in [7, 11) is 0. The molecule has 1 aromatic carbocycles. The highest BCUT2D eigenvalue weighted by Crippen LogP contribution is 2.27. The van der Waals surface area contributed by atoms with Crippen molar-refractivity contribution in [3.05, 3.63) is 30.5 Å². The monoisotopic (exact) mass is 286 g/mol. The van der Waals surface area contributed by atoms with E-state index in [4.69, 9.17) is 4.74 Å². The molecule has 3 nitrogen and oxygen atoms in total. The van der Waals surface area contributed by atoms with Crippen LogP contribution in [0.3, 0.4) is 0 Å². The van der Waals surface area contributed by atoms with Gasteiger partial charge >= 0.3 is 0 Å². The number of fused-ring (bicyclic) bond motifs is 1. The number of benzene rings is 1. The second-order valence-electron chi connectivity index (χ2n) is 5.98. The van der Waals surface area contributed by atoms with E-state index in [1.165, 1.54) is 43.1 Å². The molecule has 3 rings (SSSR count). The second-order valence-corrected chi connectivity index (χ2v) is 5.98. The first-order chi connectivity index (χ1) is 10.4. The minimum Gasteiger partial charge on any atom is -0.493 e. The predicted octanol–water partition coefficient (Wildman–Crippen LogP) is 3.96.